The first-order valence-corrected chi connectivity index (χ1v) is 1.56. The smallest absolute Gasteiger partial charge is 0.187 e. The van der Waals surface area contributed by atoms with Crippen LogP contribution in [0, 0.1) is 5.41 Å². The lowest BCUT2D eigenvalue weighted by Crippen LogP contribution is -1.96. The molecule has 0 saturated carbocycles. The molecule has 0 atom stereocenters. The molecule has 0 spiro atoms. The fourth-order valence-electron chi connectivity index (χ4n) is 0.0968. The summed E-state index contributed by atoms with van der Waals surface area (Å²) >= 11 is 0. The van der Waals surface area contributed by atoms with Gasteiger partial charge in [-0.15, -0.1) is 0 Å². The van der Waals surface area contributed by atoms with Crippen LogP contribution in [0.25, 0.3) is 0 Å². The Hall–Kier alpha value is -0.570. The van der Waals surface area contributed by atoms with E-state index in [0.717, 1.165) is 0 Å². The van der Waals surface area contributed by atoms with Crippen molar-refractivity contribution in [3.8, 4) is 0 Å². The van der Waals surface area contributed by atoms with Crippen molar-refractivity contribution in [3.05, 3.63) is 0 Å². The summed E-state index contributed by atoms with van der Waals surface area (Å²) in [6, 6.07) is 0. The van der Waals surface area contributed by atoms with Gasteiger partial charge in [0.15, 0.2) is 12.7 Å². The Bertz CT molecular complexity index is 52.8. The molecular formula is C3H7NO2. The molecule has 0 amide bonds. The molecule has 36 valence electrons. The van der Waals surface area contributed by atoms with Gasteiger partial charge >= 0.3 is 0 Å². The monoisotopic (exact) mass is 89.0 g/mol. The lowest BCUT2D eigenvalue weighted by molar-refractivity contribution is 0.0865. The van der Waals surface area contributed by atoms with Gasteiger partial charge in [-0.3, -0.25) is 5.41 Å². The quantitative estimate of drug-likeness (QED) is 0.269. The second-order valence-corrected chi connectivity index (χ2v) is 0.830. The number of ether oxygens (including phenoxy) is 1. The van der Waals surface area contributed by atoms with Crippen molar-refractivity contribution in [2.75, 3.05) is 6.79 Å². The van der Waals surface area contributed by atoms with Crippen molar-refractivity contribution in [1.82, 2.24) is 0 Å². The minimum Gasteiger partial charge on any atom is -0.455 e. The fourth-order valence-corrected chi connectivity index (χ4v) is 0.0968. The van der Waals surface area contributed by atoms with Crippen LogP contribution >= 0.6 is 0 Å². The highest BCUT2D eigenvalue weighted by molar-refractivity contribution is 5.69. The lowest BCUT2D eigenvalue weighted by Gasteiger charge is -1.92. The predicted molar refractivity (Wildman–Crippen MR) is 21.6 cm³/mol. The van der Waals surface area contributed by atoms with Gasteiger partial charge in [0.2, 0.25) is 0 Å². The van der Waals surface area contributed by atoms with E-state index in [1.165, 1.54) is 6.92 Å². The standard InChI is InChI=1S/C3H7NO2/c1-3(4)6-2-5/h4-5H,2H2,1H3. The van der Waals surface area contributed by atoms with Gasteiger partial charge in [-0.1, -0.05) is 0 Å². The van der Waals surface area contributed by atoms with Crippen LogP contribution in [0.3, 0.4) is 0 Å². The summed E-state index contributed by atoms with van der Waals surface area (Å²) in [4.78, 5) is 0. The molecule has 0 radical (unpaired) electrons. The van der Waals surface area contributed by atoms with E-state index < -0.39 is 6.79 Å². The molecule has 0 aliphatic heterocycles. The minimum absolute atomic E-state index is 0.0394. The van der Waals surface area contributed by atoms with Crippen molar-refractivity contribution in [2.24, 2.45) is 0 Å². The summed E-state index contributed by atoms with van der Waals surface area (Å²) in [7, 11) is 0. The SMILES string of the molecule is CC(=N)OCO. The van der Waals surface area contributed by atoms with E-state index in [2.05, 4.69) is 4.74 Å². The third kappa shape index (κ3) is 3.43. The maximum atomic E-state index is 7.87. The Morgan fingerprint density at radius 3 is 2.50 bits per heavy atom. The highest BCUT2D eigenvalue weighted by Crippen LogP contribution is 1.68. The molecule has 0 aromatic rings. The number of nitrogens with one attached hydrogen (secondary N) is 1. The van der Waals surface area contributed by atoms with Crippen LogP contribution in [0.5, 0.6) is 0 Å². The molecule has 2 N–H and O–H groups in total. The minimum atomic E-state index is -0.394. The van der Waals surface area contributed by atoms with Crippen molar-refractivity contribution in [2.45, 2.75) is 6.92 Å². The summed E-state index contributed by atoms with van der Waals surface area (Å²) in [5.74, 6) is 0.0394. The van der Waals surface area contributed by atoms with Crippen LogP contribution in [0.2, 0.25) is 0 Å². The summed E-state index contributed by atoms with van der Waals surface area (Å²) in [5.41, 5.74) is 0. The van der Waals surface area contributed by atoms with E-state index in [1.54, 1.807) is 0 Å². The Balaban J connectivity index is 2.83. The zero-order valence-electron chi connectivity index (χ0n) is 3.56. The van der Waals surface area contributed by atoms with Gasteiger partial charge in [0.25, 0.3) is 0 Å². The number of hydrogen-bond acceptors (Lipinski definition) is 3. The largest absolute Gasteiger partial charge is 0.455 e. The molecule has 0 fully saturated rings. The van der Waals surface area contributed by atoms with Crippen molar-refractivity contribution >= 4 is 5.90 Å². The van der Waals surface area contributed by atoms with E-state index in [-0.39, 0.29) is 5.90 Å². The summed E-state index contributed by atoms with van der Waals surface area (Å²) < 4.78 is 4.18. The van der Waals surface area contributed by atoms with Gasteiger partial charge in [-0.2, -0.15) is 0 Å². The molecule has 0 aliphatic carbocycles. The molecule has 0 unspecified atom stereocenters. The van der Waals surface area contributed by atoms with E-state index in [1.807, 2.05) is 0 Å². The maximum Gasteiger partial charge on any atom is 0.187 e. The van der Waals surface area contributed by atoms with Crippen LogP contribution < -0.4 is 0 Å². The normalized spacial score (nSPS) is 7.67. The Labute approximate surface area is 36.1 Å². The average Bonchev–Trinajstić information content (AvgIpc) is 1.35. The molecule has 3 heteroatoms. The van der Waals surface area contributed by atoms with Crippen molar-refractivity contribution < 1.29 is 9.84 Å². The summed E-state index contributed by atoms with van der Waals surface area (Å²) in [5, 5.41) is 14.4. The number of aliphatic hydroxyl groups excluding tert-OH is 1. The first-order valence-electron chi connectivity index (χ1n) is 1.56. The van der Waals surface area contributed by atoms with Crippen LogP contribution in [0.15, 0.2) is 0 Å². The lowest BCUT2D eigenvalue weighted by atomic mass is 10.8. The topological polar surface area (TPSA) is 53.3 Å². The number of aliphatic hydroxyl groups is 1. The second kappa shape index (κ2) is 2.66. The van der Waals surface area contributed by atoms with Gasteiger partial charge in [0.1, 0.15) is 0 Å². The third-order valence-electron chi connectivity index (χ3n) is 0.281. The van der Waals surface area contributed by atoms with Crippen molar-refractivity contribution in [1.29, 1.82) is 5.41 Å². The molecule has 0 aromatic carbocycles. The molecule has 0 saturated heterocycles. The van der Waals surface area contributed by atoms with E-state index in [4.69, 9.17) is 10.5 Å². The van der Waals surface area contributed by atoms with Gasteiger partial charge in [-0.05, 0) is 0 Å². The maximum absolute atomic E-state index is 7.87. The van der Waals surface area contributed by atoms with Crippen molar-refractivity contribution in [3.63, 3.8) is 0 Å². The second-order valence-electron chi connectivity index (χ2n) is 0.830. The van der Waals surface area contributed by atoms with Gasteiger partial charge < -0.3 is 9.84 Å². The van der Waals surface area contributed by atoms with Gasteiger partial charge in [0, 0.05) is 6.92 Å². The Morgan fingerprint density at radius 2 is 2.50 bits per heavy atom. The van der Waals surface area contributed by atoms with Crippen LogP contribution in [0.4, 0.5) is 0 Å². The average molecular weight is 89.1 g/mol. The van der Waals surface area contributed by atoms with Crippen LogP contribution in [0.1, 0.15) is 6.92 Å². The molecule has 0 heterocycles. The molecule has 0 bridgehead atoms. The molecular weight excluding hydrogens is 82.0 g/mol. The molecule has 3 nitrogen and oxygen atoms in total. The first kappa shape index (κ1) is 5.43. The van der Waals surface area contributed by atoms with Gasteiger partial charge in [0.05, 0.1) is 0 Å². The first-order chi connectivity index (χ1) is 2.77. The van der Waals surface area contributed by atoms with Crippen LogP contribution in [-0.2, 0) is 4.74 Å². The summed E-state index contributed by atoms with van der Waals surface area (Å²) in [6.07, 6.45) is 0. The highest BCUT2D eigenvalue weighted by Gasteiger charge is 1.76. The van der Waals surface area contributed by atoms with E-state index in [9.17, 15) is 0 Å². The summed E-state index contributed by atoms with van der Waals surface area (Å²) in [6.45, 7) is 1.06. The highest BCUT2D eigenvalue weighted by atomic mass is 16.6. The number of hydrogen-bond donors (Lipinski definition) is 2. The molecule has 0 aromatic heterocycles. The van der Waals surface area contributed by atoms with E-state index in [0.29, 0.717) is 0 Å². The fraction of sp³-hybridized carbons (Fsp3) is 0.667. The zero-order valence-corrected chi connectivity index (χ0v) is 3.56. The molecule has 0 rings (SSSR count). The van der Waals surface area contributed by atoms with Crippen LogP contribution in [-0.4, -0.2) is 17.8 Å². The Morgan fingerprint density at radius 1 is 2.00 bits per heavy atom. The predicted octanol–water partition coefficient (Wildman–Crippen LogP) is -0.0500. The van der Waals surface area contributed by atoms with Gasteiger partial charge in [-0.25, -0.2) is 0 Å². The molecule has 6 heavy (non-hydrogen) atoms. The number of rotatable bonds is 1. The zero-order chi connectivity index (χ0) is 4.99. The third-order valence-corrected chi connectivity index (χ3v) is 0.281. The van der Waals surface area contributed by atoms with E-state index >= 15 is 0 Å². The molecule has 0 aliphatic rings. The Kier molecular flexibility index (Phi) is 2.40.